The molecule has 0 aliphatic heterocycles. The highest BCUT2D eigenvalue weighted by atomic mass is 32.2. The summed E-state index contributed by atoms with van der Waals surface area (Å²) in [5, 5.41) is 2.62. The van der Waals surface area contributed by atoms with Crippen molar-refractivity contribution in [3.05, 3.63) is 96.1 Å². The minimum absolute atomic E-state index is 0.000304. The molecule has 0 saturated heterocycles. The van der Waals surface area contributed by atoms with E-state index in [1.54, 1.807) is 29.2 Å². The van der Waals surface area contributed by atoms with Gasteiger partial charge in [-0.2, -0.15) is 0 Å². The summed E-state index contributed by atoms with van der Waals surface area (Å²) in [6.45, 7) is 5.26. The first-order valence-electron chi connectivity index (χ1n) is 10.1. The van der Waals surface area contributed by atoms with E-state index in [1.165, 1.54) is 11.8 Å². The van der Waals surface area contributed by atoms with Gasteiger partial charge in [0.1, 0.15) is 5.25 Å². The van der Waals surface area contributed by atoms with Gasteiger partial charge in [0.2, 0.25) is 5.91 Å². The molecule has 0 radical (unpaired) electrons. The fraction of sp³-hybridized carbons (Fsp3) is 0.200. The fourth-order valence-corrected chi connectivity index (χ4v) is 4.18. The lowest BCUT2D eigenvalue weighted by molar-refractivity contribution is -0.115. The Balaban J connectivity index is 1.76. The van der Waals surface area contributed by atoms with E-state index < -0.39 is 0 Å². The van der Waals surface area contributed by atoms with Gasteiger partial charge in [0.25, 0.3) is 5.91 Å². The Labute approximate surface area is 182 Å². The van der Waals surface area contributed by atoms with Crippen LogP contribution in [0.1, 0.15) is 35.0 Å². The Morgan fingerprint density at radius 1 is 0.833 bits per heavy atom. The third-order valence-corrected chi connectivity index (χ3v) is 6.05. The molecule has 0 saturated carbocycles. The number of thioether (sulfide) groups is 1. The molecule has 3 aromatic rings. The smallest absolute Gasteiger partial charge is 0.253 e. The van der Waals surface area contributed by atoms with E-state index in [0.717, 1.165) is 10.5 Å². The monoisotopic (exact) mass is 418 g/mol. The van der Waals surface area contributed by atoms with Gasteiger partial charge in [-0.25, -0.2) is 0 Å². The molecule has 0 heterocycles. The predicted molar refractivity (Wildman–Crippen MR) is 124 cm³/mol. The molecule has 0 unspecified atom stereocenters. The van der Waals surface area contributed by atoms with Crippen LogP contribution in [-0.2, 0) is 4.79 Å². The van der Waals surface area contributed by atoms with Gasteiger partial charge in [-0.15, -0.1) is 11.8 Å². The van der Waals surface area contributed by atoms with Gasteiger partial charge in [0, 0.05) is 29.2 Å². The second-order valence-electron chi connectivity index (χ2n) is 6.77. The van der Waals surface area contributed by atoms with Gasteiger partial charge in [0.05, 0.1) is 0 Å². The second-order valence-corrected chi connectivity index (χ2v) is 7.94. The van der Waals surface area contributed by atoms with Crippen LogP contribution >= 0.6 is 11.8 Å². The average Bonchev–Trinajstić information content (AvgIpc) is 2.80. The maximum Gasteiger partial charge on any atom is 0.253 e. The molecule has 3 rings (SSSR count). The molecule has 1 atom stereocenters. The van der Waals surface area contributed by atoms with Crippen molar-refractivity contribution in [3.63, 3.8) is 0 Å². The minimum atomic E-state index is -0.384. The highest BCUT2D eigenvalue weighted by molar-refractivity contribution is 8.00. The molecule has 0 bridgehead atoms. The van der Waals surface area contributed by atoms with E-state index in [4.69, 9.17) is 0 Å². The van der Waals surface area contributed by atoms with Gasteiger partial charge >= 0.3 is 0 Å². The van der Waals surface area contributed by atoms with Crippen molar-refractivity contribution in [2.24, 2.45) is 0 Å². The molecule has 30 heavy (non-hydrogen) atoms. The largest absolute Gasteiger partial charge is 0.339 e. The third kappa shape index (κ3) is 5.51. The van der Waals surface area contributed by atoms with Gasteiger partial charge < -0.3 is 10.2 Å². The highest BCUT2D eigenvalue weighted by Gasteiger charge is 2.22. The Morgan fingerprint density at radius 2 is 1.40 bits per heavy atom. The molecule has 4 nitrogen and oxygen atoms in total. The van der Waals surface area contributed by atoms with Gasteiger partial charge in [-0.1, -0.05) is 48.5 Å². The number of nitrogens with one attached hydrogen (secondary N) is 1. The number of hydrogen-bond donors (Lipinski definition) is 1. The SMILES string of the molecule is CCN(CC)C(=O)c1ccc(NC(=O)[C@@H](Sc2ccccc2)c2ccccc2)cc1. The van der Waals surface area contributed by atoms with Crippen LogP contribution in [0.15, 0.2) is 89.8 Å². The van der Waals surface area contributed by atoms with E-state index >= 15 is 0 Å². The topological polar surface area (TPSA) is 49.4 Å². The number of hydrogen-bond acceptors (Lipinski definition) is 3. The maximum atomic E-state index is 13.1. The molecule has 0 spiro atoms. The highest BCUT2D eigenvalue weighted by Crippen LogP contribution is 2.36. The first-order valence-corrected chi connectivity index (χ1v) is 11.0. The molecule has 0 aliphatic carbocycles. The summed E-state index contributed by atoms with van der Waals surface area (Å²) in [6, 6.07) is 26.7. The Hall–Kier alpha value is -3.05. The number of amides is 2. The first-order chi connectivity index (χ1) is 14.6. The van der Waals surface area contributed by atoms with Crippen molar-refractivity contribution in [3.8, 4) is 0 Å². The van der Waals surface area contributed by atoms with E-state index in [2.05, 4.69) is 5.32 Å². The summed E-state index contributed by atoms with van der Waals surface area (Å²) < 4.78 is 0. The van der Waals surface area contributed by atoms with Crippen LogP contribution in [0.4, 0.5) is 5.69 Å². The van der Waals surface area contributed by atoms with Gasteiger partial charge in [0.15, 0.2) is 0 Å². The zero-order valence-corrected chi connectivity index (χ0v) is 18.1. The Bertz CT molecular complexity index is 955. The Kier molecular flexibility index (Phi) is 7.69. The van der Waals surface area contributed by atoms with Crippen LogP contribution in [0, 0.1) is 0 Å². The lowest BCUT2D eigenvalue weighted by Gasteiger charge is -2.19. The molecule has 0 fully saturated rings. The van der Waals surface area contributed by atoms with E-state index in [1.807, 2.05) is 74.5 Å². The molecule has 154 valence electrons. The van der Waals surface area contributed by atoms with Crippen molar-refractivity contribution in [2.45, 2.75) is 24.0 Å². The van der Waals surface area contributed by atoms with Gasteiger partial charge in [-0.3, -0.25) is 9.59 Å². The normalized spacial score (nSPS) is 11.5. The van der Waals surface area contributed by atoms with Crippen LogP contribution < -0.4 is 5.32 Å². The minimum Gasteiger partial charge on any atom is -0.339 e. The molecular weight excluding hydrogens is 392 g/mol. The van der Waals surface area contributed by atoms with Crippen LogP contribution in [-0.4, -0.2) is 29.8 Å². The summed E-state index contributed by atoms with van der Waals surface area (Å²) in [7, 11) is 0. The zero-order valence-electron chi connectivity index (χ0n) is 17.2. The summed E-state index contributed by atoms with van der Waals surface area (Å²) in [4.78, 5) is 28.4. The van der Waals surface area contributed by atoms with Crippen molar-refractivity contribution in [2.75, 3.05) is 18.4 Å². The molecule has 3 aromatic carbocycles. The van der Waals surface area contributed by atoms with E-state index in [-0.39, 0.29) is 17.1 Å². The molecule has 0 aromatic heterocycles. The number of benzene rings is 3. The van der Waals surface area contributed by atoms with Crippen molar-refractivity contribution >= 4 is 29.3 Å². The quantitative estimate of drug-likeness (QED) is 0.482. The summed E-state index contributed by atoms with van der Waals surface area (Å²) >= 11 is 1.51. The van der Waals surface area contributed by atoms with Gasteiger partial charge in [-0.05, 0) is 55.8 Å². The average molecular weight is 419 g/mol. The number of carbonyl (C=O) groups is 2. The summed E-state index contributed by atoms with van der Waals surface area (Å²) in [5.74, 6) is -0.0995. The zero-order chi connectivity index (χ0) is 21.3. The third-order valence-electron chi connectivity index (χ3n) is 4.79. The lowest BCUT2D eigenvalue weighted by atomic mass is 10.1. The number of nitrogens with zero attached hydrogens (tertiary/aromatic N) is 1. The summed E-state index contributed by atoms with van der Waals surface area (Å²) in [5.41, 5.74) is 2.23. The van der Waals surface area contributed by atoms with E-state index in [0.29, 0.717) is 24.3 Å². The molecule has 0 aliphatic rings. The fourth-order valence-electron chi connectivity index (χ4n) is 3.13. The van der Waals surface area contributed by atoms with E-state index in [9.17, 15) is 9.59 Å². The number of rotatable bonds is 8. The van der Waals surface area contributed by atoms with Crippen molar-refractivity contribution in [1.82, 2.24) is 4.90 Å². The van der Waals surface area contributed by atoms with Crippen LogP contribution in [0.25, 0.3) is 0 Å². The Morgan fingerprint density at radius 3 is 1.97 bits per heavy atom. The van der Waals surface area contributed by atoms with Crippen LogP contribution in [0.5, 0.6) is 0 Å². The van der Waals surface area contributed by atoms with Crippen molar-refractivity contribution in [1.29, 1.82) is 0 Å². The molecule has 1 N–H and O–H groups in total. The predicted octanol–water partition coefficient (Wildman–Crippen LogP) is 5.64. The second kappa shape index (κ2) is 10.6. The number of anilines is 1. The van der Waals surface area contributed by atoms with Crippen LogP contribution in [0.2, 0.25) is 0 Å². The summed E-state index contributed by atoms with van der Waals surface area (Å²) in [6.07, 6.45) is 0. The number of carbonyl (C=O) groups excluding carboxylic acids is 2. The van der Waals surface area contributed by atoms with Crippen molar-refractivity contribution < 1.29 is 9.59 Å². The van der Waals surface area contributed by atoms with Crippen LogP contribution in [0.3, 0.4) is 0 Å². The molecule has 5 heteroatoms. The first kappa shape index (κ1) is 21.7. The molecule has 2 amide bonds. The lowest BCUT2D eigenvalue weighted by Crippen LogP contribution is -2.30. The standard InChI is InChI=1S/C25H26N2O2S/c1-3-27(4-2)25(29)20-15-17-21(18-16-20)26-24(28)23(19-11-7-5-8-12-19)30-22-13-9-6-10-14-22/h5-18,23H,3-4H2,1-2H3,(H,26,28)/t23-/m0/s1. The molecular formula is C25H26N2O2S. The maximum absolute atomic E-state index is 13.1.